The molecule has 6 heteroatoms. The Bertz CT molecular complexity index is 650. The molecule has 0 spiro atoms. The van der Waals surface area contributed by atoms with E-state index in [0.717, 1.165) is 26.2 Å². The van der Waals surface area contributed by atoms with Gasteiger partial charge in [0.25, 0.3) is 5.56 Å². The number of aromatic amines is 1. The zero-order valence-electron chi connectivity index (χ0n) is 10.9. The Hall–Kier alpha value is -2.21. The van der Waals surface area contributed by atoms with Crippen LogP contribution < -0.4 is 15.8 Å². The Kier molecular flexibility index (Phi) is 3.47. The van der Waals surface area contributed by atoms with Crippen molar-refractivity contribution in [1.82, 2.24) is 15.3 Å². The molecule has 2 aromatic rings. The monoisotopic (exact) mass is 274 g/mol. The molecule has 1 aromatic carbocycles. The molecule has 3 rings (SSSR count). The molecule has 0 amide bonds. The summed E-state index contributed by atoms with van der Waals surface area (Å²) in [5.74, 6) is -0.410. The van der Waals surface area contributed by atoms with E-state index in [0.29, 0.717) is 11.5 Å². The maximum absolute atomic E-state index is 14.0. The van der Waals surface area contributed by atoms with Crippen LogP contribution >= 0.6 is 0 Å². The van der Waals surface area contributed by atoms with E-state index in [-0.39, 0.29) is 5.69 Å². The first-order chi connectivity index (χ1) is 9.75. The van der Waals surface area contributed by atoms with Crippen LogP contribution in [0.5, 0.6) is 0 Å². The van der Waals surface area contributed by atoms with Gasteiger partial charge in [-0.15, -0.1) is 0 Å². The van der Waals surface area contributed by atoms with Crippen LogP contribution in [0.25, 0.3) is 11.3 Å². The number of hydrogen-bond acceptors (Lipinski definition) is 4. The summed E-state index contributed by atoms with van der Waals surface area (Å²) in [6, 6.07) is 8.91. The zero-order chi connectivity index (χ0) is 13.9. The minimum Gasteiger partial charge on any atom is -0.340 e. The molecule has 20 heavy (non-hydrogen) atoms. The number of nitrogens with one attached hydrogen (secondary N) is 2. The number of anilines is 1. The molecule has 0 aliphatic carbocycles. The van der Waals surface area contributed by atoms with Crippen molar-refractivity contribution in [2.75, 3.05) is 31.1 Å². The predicted octanol–water partition coefficient (Wildman–Crippen LogP) is 0.986. The summed E-state index contributed by atoms with van der Waals surface area (Å²) in [6.07, 6.45) is 0. The third kappa shape index (κ3) is 2.42. The van der Waals surface area contributed by atoms with Gasteiger partial charge in [0.05, 0.1) is 0 Å². The maximum Gasteiger partial charge on any atom is 0.289 e. The minimum absolute atomic E-state index is 0.0999. The summed E-state index contributed by atoms with van der Waals surface area (Å²) < 4.78 is 14.0. The number of aromatic nitrogens is 2. The van der Waals surface area contributed by atoms with Gasteiger partial charge < -0.3 is 10.2 Å². The fraction of sp³-hybridized carbons (Fsp3) is 0.286. The first kappa shape index (κ1) is 12.8. The summed E-state index contributed by atoms with van der Waals surface area (Å²) in [6.45, 7) is 3.12. The highest BCUT2D eigenvalue weighted by Crippen LogP contribution is 2.20. The van der Waals surface area contributed by atoms with Crippen molar-refractivity contribution < 1.29 is 4.39 Å². The van der Waals surface area contributed by atoms with E-state index in [2.05, 4.69) is 15.3 Å². The van der Waals surface area contributed by atoms with Crippen LogP contribution in [0.2, 0.25) is 0 Å². The van der Waals surface area contributed by atoms with Crippen molar-refractivity contribution >= 4 is 5.95 Å². The number of benzene rings is 1. The molecule has 5 nitrogen and oxygen atoms in total. The summed E-state index contributed by atoms with van der Waals surface area (Å²) in [4.78, 5) is 20.5. The fourth-order valence-electron chi connectivity index (χ4n) is 2.26. The van der Waals surface area contributed by atoms with Gasteiger partial charge in [0.15, 0.2) is 0 Å². The highest BCUT2D eigenvalue weighted by atomic mass is 19.1. The molecule has 1 aliphatic heterocycles. The average molecular weight is 274 g/mol. The molecule has 1 aliphatic rings. The van der Waals surface area contributed by atoms with E-state index < -0.39 is 11.4 Å². The Morgan fingerprint density at radius 2 is 1.85 bits per heavy atom. The largest absolute Gasteiger partial charge is 0.340 e. The highest BCUT2D eigenvalue weighted by Gasteiger charge is 2.18. The normalized spacial score (nSPS) is 15.3. The van der Waals surface area contributed by atoms with Gasteiger partial charge in [0.2, 0.25) is 11.8 Å². The van der Waals surface area contributed by atoms with Crippen LogP contribution in [0.4, 0.5) is 10.3 Å². The Morgan fingerprint density at radius 3 is 2.55 bits per heavy atom. The lowest BCUT2D eigenvalue weighted by molar-refractivity contribution is 0.569. The van der Waals surface area contributed by atoms with Crippen molar-refractivity contribution in [3.05, 3.63) is 46.5 Å². The molecular weight excluding hydrogens is 259 g/mol. The molecule has 1 aromatic heterocycles. The van der Waals surface area contributed by atoms with Gasteiger partial charge in [-0.2, -0.15) is 4.39 Å². The van der Waals surface area contributed by atoms with Gasteiger partial charge in [-0.25, -0.2) is 4.98 Å². The summed E-state index contributed by atoms with van der Waals surface area (Å²) >= 11 is 0. The first-order valence-corrected chi connectivity index (χ1v) is 6.56. The van der Waals surface area contributed by atoms with E-state index >= 15 is 0 Å². The quantitative estimate of drug-likeness (QED) is 0.857. The van der Waals surface area contributed by atoms with E-state index in [9.17, 15) is 9.18 Å². The van der Waals surface area contributed by atoms with E-state index in [4.69, 9.17) is 0 Å². The predicted molar refractivity (Wildman–Crippen MR) is 75.3 cm³/mol. The molecule has 1 fully saturated rings. The lowest BCUT2D eigenvalue weighted by Crippen LogP contribution is -2.45. The smallest absolute Gasteiger partial charge is 0.289 e. The zero-order valence-corrected chi connectivity index (χ0v) is 10.9. The highest BCUT2D eigenvalue weighted by molar-refractivity contribution is 5.60. The molecule has 0 radical (unpaired) electrons. The van der Waals surface area contributed by atoms with Gasteiger partial charge in [-0.3, -0.25) is 9.78 Å². The topological polar surface area (TPSA) is 61.0 Å². The number of H-pyrrole nitrogens is 1. The summed E-state index contributed by atoms with van der Waals surface area (Å²) in [7, 11) is 0. The summed E-state index contributed by atoms with van der Waals surface area (Å²) in [5, 5.41) is 3.22. The molecule has 0 atom stereocenters. The molecule has 2 N–H and O–H groups in total. The lowest BCUT2D eigenvalue weighted by Gasteiger charge is -2.27. The Labute approximate surface area is 115 Å². The fourth-order valence-corrected chi connectivity index (χ4v) is 2.26. The maximum atomic E-state index is 14.0. The second-order valence-electron chi connectivity index (χ2n) is 4.66. The minimum atomic E-state index is -0.838. The van der Waals surface area contributed by atoms with Crippen LogP contribution in [0.15, 0.2) is 35.1 Å². The number of hydrogen-bond donors (Lipinski definition) is 2. The van der Waals surface area contributed by atoms with Crippen molar-refractivity contribution in [3.63, 3.8) is 0 Å². The standard InChI is InChI=1S/C14H15FN4O/c15-11-12(10-4-2-1-3-5-10)17-14(18-13(11)20)19-8-6-16-7-9-19/h1-5,16H,6-9H2,(H,17,18,20). The van der Waals surface area contributed by atoms with E-state index in [1.54, 1.807) is 24.3 Å². The van der Waals surface area contributed by atoms with Gasteiger partial charge in [-0.1, -0.05) is 30.3 Å². The van der Waals surface area contributed by atoms with Gasteiger partial charge >= 0.3 is 0 Å². The Morgan fingerprint density at radius 1 is 1.15 bits per heavy atom. The first-order valence-electron chi connectivity index (χ1n) is 6.56. The lowest BCUT2D eigenvalue weighted by atomic mass is 10.1. The molecule has 2 heterocycles. The third-order valence-electron chi connectivity index (χ3n) is 3.31. The van der Waals surface area contributed by atoms with Crippen molar-refractivity contribution in [2.24, 2.45) is 0 Å². The Balaban J connectivity index is 2.06. The molecule has 104 valence electrons. The van der Waals surface area contributed by atoms with Crippen LogP contribution in [0.3, 0.4) is 0 Å². The second-order valence-corrected chi connectivity index (χ2v) is 4.66. The SMILES string of the molecule is O=c1[nH]c(N2CCNCC2)nc(-c2ccccc2)c1F. The summed E-state index contributed by atoms with van der Waals surface area (Å²) in [5.41, 5.74) is -0.0252. The molecular formula is C14H15FN4O. The van der Waals surface area contributed by atoms with Crippen molar-refractivity contribution in [3.8, 4) is 11.3 Å². The van der Waals surface area contributed by atoms with Gasteiger partial charge in [-0.05, 0) is 0 Å². The van der Waals surface area contributed by atoms with Crippen LogP contribution in [-0.2, 0) is 0 Å². The van der Waals surface area contributed by atoms with Gasteiger partial charge in [0.1, 0.15) is 5.69 Å². The van der Waals surface area contributed by atoms with Crippen molar-refractivity contribution in [2.45, 2.75) is 0 Å². The number of piperazine rings is 1. The molecule has 0 unspecified atom stereocenters. The van der Waals surface area contributed by atoms with Crippen LogP contribution in [0.1, 0.15) is 0 Å². The molecule has 1 saturated heterocycles. The number of halogens is 1. The van der Waals surface area contributed by atoms with Crippen LogP contribution in [0, 0.1) is 5.82 Å². The average Bonchev–Trinajstić information content (AvgIpc) is 2.51. The molecule has 0 bridgehead atoms. The van der Waals surface area contributed by atoms with E-state index in [1.165, 1.54) is 0 Å². The van der Waals surface area contributed by atoms with Gasteiger partial charge in [0, 0.05) is 31.7 Å². The number of rotatable bonds is 2. The third-order valence-corrected chi connectivity index (χ3v) is 3.31. The van der Waals surface area contributed by atoms with E-state index in [1.807, 2.05) is 11.0 Å². The van der Waals surface area contributed by atoms with Crippen molar-refractivity contribution in [1.29, 1.82) is 0 Å². The second kappa shape index (κ2) is 5.42. The number of nitrogens with zero attached hydrogens (tertiary/aromatic N) is 2. The van der Waals surface area contributed by atoms with Crippen LogP contribution in [-0.4, -0.2) is 36.1 Å². The molecule has 0 saturated carbocycles.